The Bertz CT molecular complexity index is 139. The smallest absolute Gasteiger partial charge is 0.0187 e. The topological polar surface area (TPSA) is 0 Å². The van der Waals surface area contributed by atoms with E-state index in [-0.39, 0.29) is 0 Å². The first-order valence-electron chi connectivity index (χ1n) is 4.41. The standard InChI is InChI=1S/C8H18S7/c1-7(2,3)9-11-13-15-14-12-10-8(4,5)6/h1-6H3. The molecule has 0 aliphatic heterocycles. The van der Waals surface area contributed by atoms with Crippen molar-refractivity contribution >= 4 is 70.7 Å². The molecule has 0 aromatic carbocycles. The van der Waals surface area contributed by atoms with Gasteiger partial charge in [-0.3, -0.25) is 0 Å². The lowest BCUT2D eigenvalue weighted by Gasteiger charge is -2.16. The van der Waals surface area contributed by atoms with E-state index in [9.17, 15) is 0 Å². The van der Waals surface area contributed by atoms with Crippen LogP contribution in [-0.4, -0.2) is 9.49 Å². The fourth-order valence-corrected chi connectivity index (χ4v) is 16.0. The number of hydrogen-bond acceptors (Lipinski definition) is 7. The van der Waals surface area contributed by atoms with Gasteiger partial charge < -0.3 is 0 Å². The average molecular weight is 339 g/mol. The summed E-state index contributed by atoms with van der Waals surface area (Å²) in [7, 11) is 13.2. The van der Waals surface area contributed by atoms with Crippen LogP contribution in [0.3, 0.4) is 0 Å². The molecule has 0 aromatic rings. The molecule has 92 valence electrons. The molecule has 0 fully saturated rings. The zero-order chi connectivity index (χ0) is 11.9. The molecule has 0 aliphatic carbocycles. The van der Waals surface area contributed by atoms with Gasteiger partial charge in [-0.1, -0.05) is 63.1 Å². The predicted octanol–water partition coefficient (Wildman–Crippen LogP) is 7.21. The van der Waals surface area contributed by atoms with Crippen LogP contribution in [-0.2, 0) is 0 Å². The number of hydrogen-bond donors (Lipinski definition) is 0. The van der Waals surface area contributed by atoms with Crippen LogP contribution in [0.25, 0.3) is 0 Å². The van der Waals surface area contributed by atoms with Crippen LogP contribution < -0.4 is 0 Å². The molecule has 0 unspecified atom stereocenters. The van der Waals surface area contributed by atoms with E-state index in [1.807, 2.05) is 70.7 Å². The van der Waals surface area contributed by atoms with E-state index in [0.29, 0.717) is 9.49 Å². The van der Waals surface area contributed by atoms with Crippen molar-refractivity contribution in [2.24, 2.45) is 0 Å². The molecule has 0 rings (SSSR count). The Kier molecular flexibility index (Phi) is 9.93. The van der Waals surface area contributed by atoms with Crippen molar-refractivity contribution in [3.63, 3.8) is 0 Å². The van der Waals surface area contributed by atoms with E-state index in [4.69, 9.17) is 0 Å². The van der Waals surface area contributed by atoms with Gasteiger partial charge in [0.25, 0.3) is 0 Å². The van der Waals surface area contributed by atoms with Crippen LogP contribution in [0.4, 0.5) is 0 Å². The van der Waals surface area contributed by atoms with Gasteiger partial charge in [-0.05, 0) is 49.1 Å². The van der Waals surface area contributed by atoms with Gasteiger partial charge in [0.1, 0.15) is 0 Å². The van der Waals surface area contributed by atoms with Crippen LogP contribution in [0, 0.1) is 0 Å². The van der Waals surface area contributed by atoms with Crippen molar-refractivity contribution < 1.29 is 0 Å². The van der Waals surface area contributed by atoms with Crippen LogP contribution in [0.15, 0.2) is 0 Å². The highest BCUT2D eigenvalue weighted by Crippen LogP contribution is 2.58. The molecule has 7 heteroatoms. The van der Waals surface area contributed by atoms with E-state index in [1.54, 1.807) is 0 Å². The van der Waals surface area contributed by atoms with Gasteiger partial charge in [-0.2, -0.15) is 0 Å². The summed E-state index contributed by atoms with van der Waals surface area (Å²) in [6.07, 6.45) is 0. The van der Waals surface area contributed by atoms with Gasteiger partial charge in [0.15, 0.2) is 0 Å². The summed E-state index contributed by atoms with van der Waals surface area (Å²) in [5.74, 6) is 0. The highest BCUT2D eigenvalue weighted by molar-refractivity contribution is 9.46. The molecule has 0 nitrogen and oxygen atoms in total. The van der Waals surface area contributed by atoms with Crippen LogP contribution in [0.1, 0.15) is 41.5 Å². The Balaban J connectivity index is 3.20. The molecule has 0 aromatic heterocycles. The largest absolute Gasteiger partial charge is 0.0757 e. The van der Waals surface area contributed by atoms with Crippen LogP contribution in [0.5, 0.6) is 0 Å². The van der Waals surface area contributed by atoms with Gasteiger partial charge in [0.2, 0.25) is 0 Å². The second-order valence-electron chi connectivity index (χ2n) is 4.73. The van der Waals surface area contributed by atoms with Crippen molar-refractivity contribution in [3.05, 3.63) is 0 Å². The Morgan fingerprint density at radius 1 is 0.467 bits per heavy atom. The first kappa shape index (κ1) is 17.4. The van der Waals surface area contributed by atoms with E-state index in [2.05, 4.69) is 41.5 Å². The molecule has 0 radical (unpaired) electrons. The van der Waals surface area contributed by atoms with Gasteiger partial charge in [-0.25, -0.2) is 0 Å². The second kappa shape index (κ2) is 8.53. The third-order valence-corrected chi connectivity index (χ3v) is 15.3. The molecule has 0 bridgehead atoms. The lowest BCUT2D eigenvalue weighted by molar-refractivity contribution is 0.810. The summed E-state index contributed by atoms with van der Waals surface area (Å²) in [6, 6.07) is 0. The van der Waals surface area contributed by atoms with Gasteiger partial charge in [0, 0.05) is 9.49 Å². The molecule has 0 atom stereocenters. The van der Waals surface area contributed by atoms with Crippen molar-refractivity contribution in [1.29, 1.82) is 0 Å². The zero-order valence-corrected chi connectivity index (χ0v) is 15.6. The SMILES string of the molecule is CC(C)(C)SSSSSSSC(C)(C)C. The minimum atomic E-state index is 0.357. The molecule has 0 aliphatic rings. The van der Waals surface area contributed by atoms with E-state index < -0.39 is 0 Å². The average Bonchev–Trinajstić information content (AvgIpc) is 1.98. The van der Waals surface area contributed by atoms with Gasteiger partial charge in [-0.15, -0.1) is 0 Å². The summed E-state index contributed by atoms with van der Waals surface area (Å²) in [4.78, 5) is 0. The van der Waals surface area contributed by atoms with Crippen LogP contribution >= 0.6 is 70.7 Å². The maximum atomic E-state index is 2.24. The van der Waals surface area contributed by atoms with Crippen molar-refractivity contribution in [2.45, 2.75) is 51.0 Å². The summed E-state index contributed by atoms with van der Waals surface area (Å²) in [6.45, 7) is 13.5. The summed E-state index contributed by atoms with van der Waals surface area (Å²) < 4.78 is 0.715. The lowest BCUT2D eigenvalue weighted by atomic mass is 10.3. The molecular weight excluding hydrogens is 321 g/mol. The highest BCUT2D eigenvalue weighted by atomic mass is 33.9. The molecular formula is C8H18S7. The highest BCUT2D eigenvalue weighted by Gasteiger charge is 2.13. The molecule has 0 spiro atoms. The first-order chi connectivity index (χ1) is 6.71. The normalized spacial score (nSPS) is 13.2. The maximum Gasteiger partial charge on any atom is 0.0187 e. The fourth-order valence-electron chi connectivity index (χ4n) is 0.266. The van der Waals surface area contributed by atoms with Gasteiger partial charge in [0.05, 0.1) is 0 Å². The first-order valence-corrected chi connectivity index (χ1v) is 13.2. The zero-order valence-electron chi connectivity index (χ0n) is 9.86. The van der Waals surface area contributed by atoms with E-state index in [1.165, 1.54) is 0 Å². The molecule has 15 heavy (non-hydrogen) atoms. The van der Waals surface area contributed by atoms with Crippen molar-refractivity contribution in [2.75, 3.05) is 0 Å². The lowest BCUT2D eigenvalue weighted by Crippen LogP contribution is -2.03. The molecule has 0 saturated heterocycles. The maximum absolute atomic E-state index is 2.24. The summed E-state index contributed by atoms with van der Waals surface area (Å²) in [5.41, 5.74) is 0. The van der Waals surface area contributed by atoms with Gasteiger partial charge >= 0.3 is 0 Å². The third-order valence-electron chi connectivity index (χ3n) is 0.679. The van der Waals surface area contributed by atoms with Crippen molar-refractivity contribution in [3.8, 4) is 0 Å². The molecule has 0 amide bonds. The molecule has 0 heterocycles. The van der Waals surface area contributed by atoms with Crippen LogP contribution in [0.2, 0.25) is 0 Å². The summed E-state index contributed by atoms with van der Waals surface area (Å²) >= 11 is 0. The Morgan fingerprint density at radius 2 is 0.733 bits per heavy atom. The minimum Gasteiger partial charge on any atom is -0.0757 e. The number of rotatable bonds is 6. The third kappa shape index (κ3) is 16.4. The van der Waals surface area contributed by atoms with E-state index >= 15 is 0 Å². The summed E-state index contributed by atoms with van der Waals surface area (Å²) in [5, 5.41) is 0. The fraction of sp³-hybridized carbons (Fsp3) is 1.00. The Hall–Kier alpha value is 2.45. The minimum absolute atomic E-state index is 0.357. The second-order valence-corrected chi connectivity index (χ2v) is 17.4. The molecule has 0 saturated carbocycles. The predicted molar refractivity (Wildman–Crippen MR) is 92.6 cm³/mol. The van der Waals surface area contributed by atoms with E-state index in [0.717, 1.165) is 0 Å². The Morgan fingerprint density at radius 3 is 1.00 bits per heavy atom. The van der Waals surface area contributed by atoms with Crippen molar-refractivity contribution in [1.82, 2.24) is 0 Å². The Labute approximate surface area is 121 Å². The monoisotopic (exact) mass is 338 g/mol. The quantitative estimate of drug-likeness (QED) is 0.366. The molecule has 0 N–H and O–H groups in total.